The molecule has 2 atom stereocenters. The molecule has 1 fully saturated rings. The Kier molecular flexibility index (Phi) is 1.55. The van der Waals surface area contributed by atoms with Crippen molar-refractivity contribution in [1.29, 1.82) is 0 Å². The molecule has 1 saturated carbocycles. The first kappa shape index (κ1) is 7.07. The van der Waals surface area contributed by atoms with Gasteiger partial charge in [0.05, 0.1) is 0 Å². The molecule has 0 saturated heterocycles. The summed E-state index contributed by atoms with van der Waals surface area (Å²) in [7, 11) is 2.05. The van der Waals surface area contributed by atoms with Crippen LogP contribution in [0.15, 0.2) is 0 Å². The molecular weight excluding hydrogens is 110 g/mol. The molecule has 0 aromatic heterocycles. The quantitative estimate of drug-likeness (QED) is 0.594. The lowest BCUT2D eigenvalue weighted by atomic mass is 9.98. The van der Waals surface area contributed by atoms with Crippen LogP contribution >= 0.6 is 0 Å². The van der Waals surface area contributed by atoms with Gasteiger partial charge >= 0.3 is 0 Å². The highest BCUT2D eigenvalue weighted by atomic mass is 14.9. The van der Waals surface area contributed by atoms with Gasteiger partial charge in [0.2, 0.25) is 0 Å². The van der Waals surface area contributed by atoms with Crippen molar-refractivity contribution in [3.05, 3.63) is 0 Å². The molecule has 1 aliphatic rings. The van der Waals surface area contributed by atoms with Crippen LogP contribution in [0.25, 0.3) is 0 Å². The molecule has 1 aliphatic carbocycles. The summed E-state index contributed by atoms with van der Waals surface area (Å²) in [5, 5.41) is 3.33. The Hall–Kier alpha value is -0.0400. The van der Waals surface area contributed by atoms with Crippen LogP contribution < -0.4 is 5.32 Å². The van der Waals surface area contributed by atoms with E-state index in [9.17, 15) is 0 Å². The fourth-order valence-corrected chi connectivity index (χ4v) is 1.51. The molecule has 1 heteroatoms. The van der Waals surface area contributed by atoms with Gasteiger partial charge in [-0.15, -0.1) is 0 Å². The summed E-state index contributed by atoms with van der Waals surface area (Å²) < 4.78 is 0. The van der Waals surface area contributed by atoms with Crippen LogP contribution in [0.5, 0.6) is 0 Å². The van der Waals surface area contributed by atoms with Crippen molar-refractivity contribution in [3.63, 3.8) is 0 Å². The Labute approximate surface area is 57.8 Å². The van der Waals surface area contributed by atoms with E-state index in [2.05, 4.69) is 26.1 Å². The van der Waals surface area contributed by atoms with Gasteiger partial charge in [-0.05, 0) is 39.2 Å². The van der Waals surface area contributed by atoms with E-state index in [4.69, 9.17) is 0 Å². The molecule has 0 bridgehead atoms. The van der Waals surface area contributed by atoms with Crippen molar-refractivity contribution in [2.45, 2.75) is 32.7 Å². The Morgan fingerprint density at radius 1 is 1.44 bits per heavy atom. The van der Waals surface area contributed by atoms with Gasteiger partial charge in [-0.3, -0.25) is 0 Å². The third-order valence-electron chi connectivity index (χ3n) is 2.68. The first-order chi connectivity index (χ1) is 4.08. The SMILES string of the molecule is CNC(C)(C)C1CC1C. The molecule has 9 heavy (non-hydrogen) atoms. The summed E-state index contributed by atoms with van der Waals surface area (Å²) >= 11 is 0. The largest absolute Gasteiger partial charge is 0.315 e. The van der Waals surface area contributed by atoms with E-state index in [-0.39, 0.29) is 0 Å². The highest BCUT2D eigenvalue weighted by molar-refractivity contribution is 4.98. The van der Waals surface area contributed by atoms with Gasteiger partial charge in [-0.2, -0.15) is 0 Å². The highest BCUT2D eigenvalue weighted by Crippen LogP contribution is 2.45. The van der Waals surface area contributed by atoms with Gasteiger partial charge in [-0.1, -0.05) is 6.92 Å². The van der Waals surface area contributed by atoms with Crippen molar-refractivity contribution in [1.82, 2.24) is 5.32 Å². The van der Waals surface area contributed by atoms with E-state index >= 15 is 0 Å². The fraction of sp³-hybridized carbons (Fsp3) is 1.00. The first-order valence-corrected chi connectivity index (χ1v) is 3.77. The van der Waals surface area contributed by atoms with Gasteiger partial charge in [0.1, 0.15) is 0 Å². The Bertz CT molecular complexity index is 107. The second kappa shape index (κ2) is 1.98. The molecular formula is C8H17N. The third-order valence-corrected chi connectivity index (χ3v) is 2.68. The molecule has 0 aromatic rings. The number of hydrogen-bond donors (Lipinski definition) is 1. The van der Waals surface area contributed by atoms with Crippen molar-refractivity contribution in [2.24, 2.45) is 11.8 Å². The van der Waals surface area contributed by atoms with Crippen molar-refractivity contribution in [3.8, 4) is 0 Å². The zero-order chi connectivity index (χ0) is 7.07. The van der Waals surface area contributed by atoms with Crippen molar-refractivity contribution >= 4 is 0 Å². The maximum atomic E-state index is 3.33. The highest BCUT2D eigenvalue weighted by Gasteiger charge is 2.43. The molecule has 2 unspecified atom stereocenters. The average Bonchev–Trinajstić information content (AvgIpc) is 2.47. The smallest absolute Gasteiger partial charge is 0.0152 e. The minimum Gasteiger partial charge on any atom is -0.315 e. The van der Waals surface area contributed by atoms with Crippen LogP contribution in [0.4, 0.5) is 0 Å². The van der Waals surface area contributed by atoms with Crippen LogP contribution in [0.1, 0.15) is 27.2 Å². The zero-order valence-corrected chi connectivity index (χ0v) is 6.86. The minimum atomic E-state index is 0.374. The van der Waals surface area contributed by atoms with E-state index in [1.807, 2.05) is 7.05 Å². The lowest BCUT2D eigenvalue weighted by Crippen LogP contribution is -2.38. The van der Waals surface area contributed by atoms with Crippen molar-refractivity contribution in [2.75, 3.05) is 7.05 Å². The second-order valence-corrected chi connectivity index (χ2v) is 3.79. The van der Waals surface area contributed by atoms with Gasteiger partial charge < -0.3 is 5.32 Å². The maximum Gasteiger partial charge on any atom is 0.0152 e. The van der Waals surface area contributed by atoms with Gasteiger partial charge in [-0.25, -0.2) is 0 Å². The predicted molar refractivity (Wildman–Crippen MR) is 40.4 cm³/mol. The molecule has 0 aliphatic heterocycles. The van der Waals surface area contributed by atoms with E-state index in [0.717, 1.165) is 11.8 Å². The van der Waals surface area contributed by atoms with Crippen LogP contribution in [-0.2, 0) is 0 Å². The van der Waals surface area contributed by atoms with Crippen LogP contribution in [0, 0.1) is 11.8 Å². The van der Waals surface area contributed by atoms with Gasteiger partial charge in [0.15, 0.2) is 0 Å². The lowest BCUT2D eigenvalue weighted by molar-refractivity contribution is 0.355. The third kappa shape index (κ3) is 1.26. The number of hydrogen-bond acceptors (Lipinski definition) is 1. The van der Waals surface area contributed by atoms with Crippen molar-refractivity contribution < 1.29 is 0 Å². The fourth-order valence-electron chi connectivity index (χ4n) is 1.51. The van der Waals surface area contributed by atoms with Gasteiger partial charge in [0, 0.05) is 5.54 Å². The maximum absolute atomic E-state index is 3.33. The minimum absolute atomic E-state index is 0.374. The second-order valence-electron chi connectivity index (χ2n) is 3.79. The summed E-state index contributed by atoms with van der Waals surface area (Å²) in [6.45, 7) is 6.88. The first-order valence-electron chi connectivity index (χ1n) is 3.77. The summed E-state index contributed by atoms with van der Waals surface area (Å²) in [5.41, 5.74) is 0.374. The molecule has 54 valence electrons. The average molecular weight is 127 g/mol. The monoisotopic (exact) mass is 127 g/mol. The normalized spacial score (nSPS) is 34.7. The summed E-state index contributed by atoms with van der Waals surface area (Å²) in [6, 6.07) is 0. The molecule has 1 N–H and O–H groups in total. The molecule has 0 aromatic carbocycles. The number of rotatable bonds is 2. The Morgan fingerprint density at radius 2 is 1.89 bits per heavy atom. The summed E-state index contributed by atoms with van der Waals surface area (Å²) in [5.74, 6) is 1.87. The van der Waals surface area contributed by atoms with Crippen LogP contribution in [0.2, 0.25) is 0 Å². The van der Waals surface area contributed by atoms with E-state index in [1.165, 1.54) is 6.42 Å². The molecule has 1 rings (SSSR count). The topological polar surface area (TPSA) is 12.0 Å². The molecule has 0 spiro atoms. The summed E-state index contributed by atoms with van der Waals surface area (Å²) in [6.07, 6.45) is 1.41. The lowest BCUT2D eigenvalue weighted by Gasteiger charge is -2.23. The van der Waals surface area contributed by atoms with E-state index in [1.54, 1.807) is 0 Å². The number of nitrogens with one attached hydrogen (secondary N) is 1. The van der Waals surface area contributed by atoms with Crippen LogP contribution in [0.3, 0.4) is 0 Å². The van der Waals surface area contributed by atoms with Gasteiger partial charge in [0.25, 0.3) is 0 Å². The molecule has 0 radical (unpaired) electrons. The standard InChI is InChI=1S/C8H17N/c1-6-5-7(6)8(2,3)9-4/h6-7,9H,5H2,1-4H3. The Balaban J connectivity index is 2.41. The summed E-state index contributed by atoms with van der Waals surface area (Å²) in [4.78, 5) is 0. The zero-order valence-electron chi connectivity index (χ0n) is 6.86. The predicted octanol–water partition coefficient (Wildman–Crippen LogP) is 1.64. The van der Waals surface area contributed by atoms with E-state index in [0.29, 0.717) is 5.54 Å². The molecule has 0 heterocycles. The van der Waals surface area contributed by atoms with E-state index < -0.39 is 0 Å². The van der Waals surface area contributed by atoms with Crippen LogP contribution in [-0.4, -0.2) is 12.6 Å². The molecule has 1 nitrogen and oxygen atoms in total. The molecule has 0 amide bonds. The Morgan fingerprint density at radius 3 is 2.00 bits per heavy atom.